The number of nitrogens with two attached hydrogens (primary N) is 1. The Morgan fingerprint density at radius 2 is 1.95 bits per heavy atom. The van der Waals surface area contributed by atoms with Crippen LogP contribution in [0.5, 0.6) is 0 Å². The molecule has 0 bridgehead atoms. The minimum Gasteiger partial charge on any atom is -0.398 e. The van der Waals surface area contributed by atoms with E-state index in [0.717, 1.165) is 12.8 Å². The molecule has 6 heteroatoms. The molecular formula is C15H23N3O3. The molecule has 21 heavy (non-hydrogen) atoms. The number of carbonyl (C=O) groups excluding carboxylic acids is 1. The summed E-state index contributed by atoms with van der Waals surface area (Å²) in [5.74, 6) is 0.180. The highest BCUT2D eigenvalue weighted by Gasteiger charge is 2.21. The molecule has 0 aromatic heterocycles. The van der Waals surface area contributed by atoms with Crippen molar-refractivity contribution in [3.63, 3.8) is 0 Å². The summed E-state index contributed by atoms with van der Waals surface area (Å²) >= 11 is 0. The second-order valence-electron chi connectivity index (χ2n) is 5.05. The molecule has 0 fully saturated rings. The van der Waals surface area contributed by atoms with Gasteiger partial charge in [-0.2, -0.15) is 0 Å². The minimum absolute atomic E-state index is 0.119. The molecule has 0 saturated heterocycles. The maximum atomic E-state index is 12.6. The molecule has 116 valence electrons. The van der Waals surface area contributed by atoms with E-state index >= 15 is 0 Å². The smallest absolute Gasteiger partial charge is 0.270 e. The maximum Gasteiger partial charge on any atom is 0.270 e. The number of rotatable bonds is 7. The van der Waals surface area contributed by atoms with Gasteiger partial charge in [-0.15, -0.1) is 0 Å². The molecule has 0 unspecified atom stereocenters. The predicted octanol–water partition coefficient (Wildman–Crippen LogP) is 3.08. The Morgan fingerprint density at radius 3 is 2.43 bits per heavy atom. The highest BCUT2D eigenvalue weighted by Crippen LogP contribution is 2.22. The van der Waals surface area contributed by atoms with E-state index in [9.17, 15) is 14.9 Å². The van der Waals surface area contributed by atoms with Gasteiger partial charge in [0.1, 0.15) is 0 Å². The summed E-state index contributed by atoms with van der Waals surface area (Å²) in [4.78, 5) is 24.6. The number of carbonyl (C=O) groups is 1. The average Bonchev–Trinajstić information content (AvgIpc) is 2.48. The summed E-state index contributed by atoms with van der Waals surface area (Å²) in [6.45, 7) is 7.28. The summed E-state index contributed by atoms with van der Waals surface area (Å²) in [6, 6.07) is 3.98. The summed E-state index contributed by atoms with van der Waals surface area (Å²) in [7, 11) is 0. The first-order chi connectivity index (χ1) is 9.94. The van der Waals surface area contributed by atoms with Crippen LogP contribution in [0.3, 0.4) is 0 Å². The van der Waals surface area contributed by atoms with E-state index in [-0.39, 0.29) is 22.8 Å². The molecule has 0 radical (unpaired) electrons. The molecule has 1 aromatic rings. The quantitative estimate of drug-likeness (QED) is 0.475. The lowest BCUT2D eigenvalue weighted by Crippen LogP contribution is -2.35. The van der Waals surface area contributed by atoms with E-state index in [1.54, 1.807) is 4.90 Å². The molecule has 1 aromatic carbocycles. The molecule has 0 aliphatic rings. The van der Waals surface area contributed by atoms with Crippen LogP contribution in [0, 0.1) is 16.0 Å². The Labute approximate surface area is 125 Å². The number of non-ortho nitro benzene ring substituents is 1. The number of benzene rings is 1. The third-order valence-corrected chi connectivity index (χ3v) is 3.78. The number of hydrogen-bond acceptors (Lipinski definition) is 4. The lowest BCUT2D eigenvalue weighted by molar-refractivity contribution is -0.384. The lowest BCUT2D eigenvalue weighted by Gasteiger charge is -2.26. The van der Waals surface area contributed by atoms with Gasteiger partial charge in [0, 0.05) is 30.9 Å². The van der Waals surface area contributed by atoms with Crippen molar-refractivity contribution >= 4 is 17.3 Å². The number of amides is 1. The summed E-state index contributed by atoms with van der Waals surface area (Å²) in [6.07, 6.45) is 1.98. The fraction of sp³-hybridized carbons (Fsp3) is 0.533. The second kappa shape index (κ2) is 7.61. The van der Waals surface area contributed by atoms with Crippen LogP contribution in [0.25, 0.3) is 0 Å². The predicted molar refractivity (Wildman–Crippen MR) is 83.2 cm³/mol. The SMILES string of the molecule is CCC(CC)CN(CC)C(=O)c1cc([N+](=O)[O-])ccc1N. The highest BCUT2D eigenvalue weighted by atomic mass is 16.6. The van der Waals surface area contributed by atoms with Crippen LogP contribution in [-0.2, 0) is 0 Å². The fourth-order valence-electron chi connectivity index (χ4n) is 2.23. The zero-order chi connectivity index (χ0) is 16.0. The fourth-order valence-corrected chi connectivity index (χ4v) is 2.23. The van der Waals surface area contributed by atoms with E-state index in [0.29, 0.717) is 19.0 Å². The molecule has 0 saturated carbocycles. The Morgan fingerprint density at radius 1 is 1.33 bits per heavy atom. The van der Waals surface area contributed by atoms with E-state index in [2.05, 4.69) is 13.8 Å². The summed E-state index contributed by atoms with van der Waals surface area (Å²) in [5, 5.41) is 10.8. The van der Waals surface area contributed by atoms with Crippen LogP contribution in [0.4, 0.5) is 11.4 Å². The van der Waals surface area contributed by atoms with Gasteiger partial charge in [0.2, 0.25) is 0 Å². The first-order valence-electron chi connectivity index (χ1n) is 7.27. The van der Waals surface area contributed by atoms with Gasteiger partial charge in [0.25, 0.3) is 11.6 Å². The van der Waals surface area contributed by atoms with Crippen molar-refractivity contribution in [3.8, 4) is 0 Å². The van der Waals surface area contributed by atoms with Crippen molar-refractivity contribution in [1.29, 1.82) is 0 Å². The van der Waals surface area contributed by atoms with Crippen molar-refractivity contribution in [2.45, 2.75) is 33.6 Å². The zero-order valence-electron chi connectivity index (χ0n) is 12.8. The number of nitro groups is 1. The Balaban J connectivity index is 3.04. The van der Waals surface area contributed by atoms with Gasteiger partial charge in [-0.25, -0.2) is 0 Å². The molecule has 1 rings (SSSR count). The number of hydrogen-bond donors (Lipinski definition) is 1. The largest absolute Gasteiger partial charge is 0.398 e. The number of nitro benzene ring substituents is 1. The average molecular weight is 293 g/mol. The van der Waals surface area contributed by atoms with Gasteiger partial charge in [0.15, 0.2) is 0 Å². The topological polar surface area (TPSA) is 89.5 Å². The monoisotopic (exact) mass is 293 g/mol. The third-order valence-electron chi connectivity index (χ3n) is 3.78. The van der Waals surface area contributed by atoms with Crippen LogP contribution in [0.15, 0.2) is 18.2 Å². The molecular weight excluding hydrogens is 270 g/mol. The van der Waals surface area contributed by atoms with Crippen molar-refractivity contribution in [2.24, 2.45) is 5.92 Å². The first-order valence-corrected chi connectivity index (χ1v) is 7.27. The van der Waals surface area contributed by atoms with Crippen LogP contribution < -0.4 is 5.73 Å². The van der Waals surface area contributed by atoms with Crippen molar-refractivity contribution < 1.29 is 9.72 Å². The third kappa shape index (κ3) is 4.18. The van der Waals surface area contributed by atoms with Crippen molar-refractivity contribution in [2.75, 3.05) is 18.8 Å². The Bertz CT molecular complexity index is 513. The molecule has 0 aliphatic heterocycles. The van der Waals surface area contributed by atoms with Gasteiger partial charge in [-0.1, -0.05) is 26.7 Å². The molecule has 0 heterocycles. The first kappa shape index (κ1) is 16.9. The maximum absolute atomic E-state index is 12.6. The van der Waals surface area contributed by atoms with Crippen LogP contribution in [0.2, 0.25) is 0 Å². The normalized spacial score (nSPS) is 10.7. The van der Waals surface area contributed by atoms with Crippen LogP contribution in [0.1, 0.15) is 44.0 Å². The van der Waals surface area contributed by atoms with Gasteiger partial charge < -0.3 is 10.6 Å². The molecule has 0 aliphatic carbocycles. The Hall–Kier alpha value is -2.11. The van der Waals surface area contributed by atoms with E-state index in [1.165, 1.54) is 18.2 Å². The summed E-state index contributed by atoms with van der Waals surface area (Å²) in [5.41, 5.74) is 6.17. The van der Waals surface area contributed by atoms with Crippen LogP contribution in [-0.4, -0.2) is 28.8 Å². The molecule has 1 amide bonds. The van der Waals surface area contributed by atoms with Gasteiger partial charge in [-0.05, 0) is 18.9 Å². The van der Waals surface area contributed by atoms with E-state index in [4.69, 9.17) is 5.73 Å². The van der Waals surface area contributed by atoms with Crippen molar-refractivity contribution in [3.05, 3.63) is 33.9 Å². The van der Waals surface area contributed by atoms with Crippen molar-refractivity contribution in [1.82, 2.24) is 4.90 Å². The van der Waals surface area contributed by atoms with Gasteiger partial charge in [0.05, 0.1) is 10.5 Å². The minimum atomic E-state index is -0.520. The van der Waals surface area contributed by atoms with E-state index in [1.807, 2.05) is 6.92 Å². The van der Waals surface area contributed by atoms with Crippen LogP contribution >= 0.6 is 0 Å². The number of anilines is 1. The standard InChI is InChI=1S/C15H23N3O3/c1-4-11(5-2)10-17(6-3)15(19)13-9-12(18(20)21)7-8-14(13)16/h7-9,11H,4-6,10,16H2,1-3H3. The number of nitrogens with zero attached hydrogens (tertiary/aromatic N) is 2. The Kier molecular flexibility index (Phi) is 6.14. The molecule has 2 N–H and O–H groups in total. The highest BCUT2D eigenvalue weighted by molar-refractivity contribution is 5.99. The molecule has 0 spiro atoms. The molecule has 0 atom stereocenters. The lowest BCUT2D eigenvalue weighted by atomic mass is 10.0. The molecule has 6 nitrogen and oxygen atoms in total. The second-order valence-corrected chi connectivity index (χ2v) is 5.05. The zero-order valence-corrected chi connectivity index (χ0v) is 12.8. The number of nitrogen functional groups attached to an aromatic ring is 1. The summed E-state index contributed by atoms with van der Waals surface area (Å²) < 4.78 is 0. The van der Waals surface area contributed by atoms with E-state index < -0.39 is 4.92 Å². The van der Waals surface area contributed by atoms with Gasteiger partial charge >= 0.3 is 0 Å². The van der Waals surface area contributed by atoms with Gasteiger partial charge in [-0.3, -0.25) is 14.9 Å².